The lowest BCUT2D eigenvalue weighted by Gasteiger charge is -2.32. The molecule has 0 saturated heterocycles. The Hall–Kier alpha value is -2.82. The SMILES string of the molecule is Cc1ccccc1CN(C(=O)COc1ccccc1C(C)C)[C@@H](C)C(=O)NC(C)(C)C. The van der Waals surface area contributed by atoms with Crippen molar-refractivity contribution in [2.24, 2.45) is 0 Å². The maximum absolute atomic E-state index is 13.2. The van der Waals surface area contributed by atoms with E-state index in [1.165, 1.54) is 0 Å². The second-order valence-electron chi connectivity index (χ2n) is 9.34. The van der Waals surface area contributed by atoms with Gasteiger partial charge in [0.2, 0.25) is 5.91 Å². The lowest BCUT2D eigenvalue weighted by atomic mass is 10.0. The van der Waals surface area contributed by atoms with E-state index in [0.29, 0.717) is 12.3 Å². The molecule has 0 fully saturated rings. The number of hydrogen-bond donors (Lipinski definition) is 1. The van der Waals surface area contributed by atoms with Crippen molar-refractivity contribution >= 4 is 11.8 Å². The molecular weight excluding hydrogens is 388 g/mol. The zero-order valence-corrected chi connectivity index (χ0v) is 19.9. The molecule has 0 heterocycles. The molecule has 0 saturated carbocycles. The number of aryl methyl sites for hydroxylation is 1. The Labute approximate surface area is 186 Å². The molecule has 0 spiro atoms. The minimum absolute atomic E-state index is 0.122. The monoisotopic (exact) mass is 424 g/mol. The molecule has 1 atom stereocenters. The molecule has 2 aromatic carbocycles. The highest BCUT2D eigenvalue weighted by molar-refractivity contribution is 5.88. The summed E-state index contributed by atoms with van der Waals surface area (Å²) >= 11 is 0. The van der Waals surface area contributed by atoms with Crippen LogP contribution in [0.15, 0.2) is 48.5 Å². The normalized spacial score (nSPS) is 12.4. The molecule has 0 aliphatic heterocycles. The van der Waals surface area contributed by atoms with E-state index in [1.54, 1.807) is 11.8 Å². The highest BCUT2D eigenvalue weighted by atomic mass is 16.5. The average molecular weight is 425 g/mol. The summed E-state index contributed by atoms with van der Waals surface area (Å²) < 4.78 is 5.92. The van der Waals surface area contributed by atoms with Gasteiger partial charge in [-0.1, -0.05) is 56.3 Å². The van der Waals surface area contributed by atoms with Gasteiger partial charge in [0.25, 0.3) is 5.91 Å². The molecular formula is C26H36N2O3. The number of benzene rings is 2. The molecule has 2 aromatic rings. The third kappa shape index (κ3) is 7.12. The fourth-order valence-electron chi connectivity index (χ4n) is 3.34. The Kier molecular flexibility index (Phi) is 8.26. The van der Waals surface area contributed by atoms with E-state index in [4.69, 9.17) is 4.74 Å². The van der Waals surface area contributed by atoms with Gasteiger partial charge in [0.1, 0.15) is 11.8 Å². The third-order valence-corrected chi connectivity index (χ3v) is 5.16. The lowest BCUT2D eigenvalue weighted by molar-refractivity contribution is -0.142. The maximum Gasteiger partial charge on any atom is 0.261 e. The van der Waals surface area contributed by atoms with Crippen LogP contribution in [0.2, 0.25) is 0 Å². The van der Waals surface area contributed by atoms with Crippen LogP contribution in [0.1, 0.15) is 64.2 Å². The number of nitrogens with one attached hydrogen (secondary N) is 1. The van der Waals surface area contributed by atoms with Gasteiger partial charge in [0.15, 0.2) is 6.61 Å². The summed E-state index contributed by atoms with van der Waals surface area (Å²) in [6, 6.07) is 15.0. The Morgan fingerprint density at radius 2 is 1.61 bits per heavy atom. The average Bonchev–Trinajstić information content (AvgIpc) is 2.69. The first-order chi connectivity index (χ1) is 14.5. The molecule has 1 N–H and O–H groups in total. The van der Waals surface area contributed by atoms with E-state index >= 15 is 0 Å². The van der Waals surface area contributed by atoms with Gasteiger partial charge in [-0.15, -0.1) is 0 Å². The lowest BCUT2D eigenvalue weighted by Crippen LogP contribution is -2.53. The Morgan fingerprint density at radius 3 is 2.23 bits per heavy atom. The van der Waals surface area contributed by atoms with Crippen molar-refractivity contribution in [3.05, 3.63) is 65.2 Å². The van der Waals surface area contributed by atoms with Gasteiger partial charge < -0.3 is 15.0 Å². The van der Waals surface area contributed by atoms with Crippen LogP contribution in [-0.4, -0.2) is 34.9 Å². The molecule has 5 nitrogen and oxygen atoms in total. The largest absolute Gasteiger partial charge is 0.483 e. The van der Waals surface area contributed by atoms with E-state index in [0.717, 1.165) is 16.7 Å². The number of amides is 2. The molecule has 0 aromatic heterocycles. The Bertz CT molecular complexity index is 900. The molecule has 0 aliphatic rings. The summed E-state index contributed by atoms with van der Waals surface area (Å²) in [5.41, 5.74) is 2.76. The van der Waals surface area contributed by atoms with E-state index < -0.39 is 6.04 Å². The minimum Gasteiger partial charge on any atom is -0.483 e. The predicted octanol–water partition coefficient (Wildman–Crippen LogP) is 4.83. The third-order valence-electron chi connectivity index (χ3n) is 5.16. The van der Waals surface area contributed by atoms with Crippen molar-refractivity contribution < 1.29 is 14.3 Å². The van der Waals surface area contributed by atoms with Crippen molar-refractivity contribution in [2.75, 3.05) is 6.61 Å². The second kappa shape index (κ2) is 10.5. The molecule has 0 radical (unpaired) electrons. The number of carbonyl (C=O) groups excluding carboxylic acids is 2. The van der Waals surface area contributed by atoms with E-state index in [2.05, 4.69) is 19.2 Å². The standard InChI is InChI=1S/C26H36N2O3/c1-18(2)22-14-10-11-15-23(22)31-17-24(29)28(16-21-13-9-8-12-19(21)3)20(4)25(30)27-26(5,6)7/h8-15,18,20H,16-17H2,1-7H3,(H,27,30)/t20-/m0/s1. The number of hydrogen-bond acceptors (Lipinski definition) is 3. The summed E-state index contributed by atoms with van der Waals surface area (Å²) in [5.74, 6) is 0.578. The first-order valence-corrected chi connectivity index (χ1v) is 10.9. The molecule has 168 valence electrons. The summed E-state index contributed by atoms with van der Waals surface area (Å²) in [6.07, 6.45) is 0. The van der Waals surface area contributed by atoms with Crippen LogP contribution in [0.4, 0.5) is 0 Å². The number of carbonyl (C=O) groups is 2. The van der Waals surface area contributed by atoms with Gasteiger partial charge in [0, 0.05) is 12.1 Å². The van der Waals surface area contributed by atoms with Gasteiger partial charge in [-0.2, -0.15) is 0 Å². The van der Waals surface area contributed by atoms with E-state index in [9.17, 15) is 9.59 Å². The molecule has 5 heteroatoms. The van der Waals surface area contributed by atoms with Crippen LogP contribution in [-0.2, 0) is 16.1 Å². The van der Waals surface area contributed by atoms with Crippen LogP contribution < -0.4 is 10.1 Å². The van der Waals surface area contributed by atoms with Crippen LogP contribution in [0, 0.1) is 6.92 Å². The summed E-state index contributed by atoms with van der Waals surface area (Å²) in [6.45, 7) is 14.0. The quantitative estimate of drug-likeness (QED) is 0.660. The van der Waals surface area contributed by atoms with E-state index in [-0.39, 0.29) is 29.9 Å². The van der Waals surface area contributed by atoms with Gasteiger partial charge in [0.05, 0.1) is 0 Å². The highest BCUT2D eigenvalue weighted by Gasteiger charge is 2.29. The van der Waals surface area contributed by atoms with Gasteiger partial charge in [-0.25, -0.2) is 0 Å². The number of para-hydroxylation sites is 1. The Morgan fingerprint density at radius 1 is 1.00 bits per heavy atom. The highest BCUT2D eigenvalue weighted by Crippen LogP contribution is 2.26. The number of ether oxygens (including phenoxy) is 1. The van der Waals surface area contributed by atoms with E-state index in [1.807, 2.05) is 76.2 Å². The molecule has 31 heavy (non-hydrogen) atoms. The minimum atomic E-state index is -0.629. The topological polar surface area (TPSA) is 58.6 Å². The van der Waals surface area contributed by atoms with Gasteiger partial charge >= 0.3 is 0 Å². The number of nitrogens with zero attached hydrogens (tertiary/aromatic N) is 1. The van der Waals surface area contributed by atoms with Crippen LogP contribution in [0.3, 0.4) is 0 Å². The summed E-state index contributed by atoms with van der Waals surface area (Å²) in [7, 11) is 0. The fourth-order valence-corrected chi connectivity index (χ4v) is 3.34. The fraction of sp³-hybridized carbons (Fsp3) is 0.462. The van der Waals surface area contributed by atoms with Gasteiger partial charge in [-0.3, -0.25) is 9.59 Å². The van der Waals surface area contributed by atoms with Crippen molar-refractivity contribution in [3.8, 4) is 5.75 Å². The van der Waals surface area contributed by atoms with Crippen molar-refractivity contribution in [1.29, 1.82) is 0 Å². The smallest absolute Gasteiger partial charge is 0.261 e. The predicted molar refractivity (Wildman–Crippen MR) is 125 cm³/mol. The van der Waals surface area contributed by atoms with Crippen molar-refractivity contribution in [3.63, 3.8) is 0 Å². The van der Waals surface area contributed by atoms with Crippen LogP contribution in [0.25, 0.3) is 0 Å². The number of rotatable bonds is 8. The van der Waals surface area contributed by atoms with Crippen LogP contribution >= 0.6 is 0 Å². The first-order valence-electron chi connectivity index (χ1n) is 10.9. The Balaban J connectivity index is 2.23. The molecule has 0 aliphatic carbocycles. The van der Waals surface area contributed by atoms with Gasteiger partial charge in [-0.05, 0) is 63.3 Å². The summed E-state index contributed by atoms with van der Waals surface area (Å²) in [5, 5.41) is 2.98. The molecule has 2 rings (SSSR count). The second-order valence-corrected chi connectivity index (χ2v) is 9.34. The van der Waals surface area contributed by atoms with Crippen molar-refractivity contribution in [1.82, 2.24) is 10.2 Å². The molecule has 0 unspecified atom stereocenters. The zero-order chi connectivity index (χ0) is 23.2. The maximum atomic E-state index is 13.2. The summed E-state index contributed by atoms with van der Waals surface area (Å²) in [4.78, 5) is 27.7. The van der Waals surface area contributed by atoms with Crippen LogP contribution in [0.5, 0.6) is 5.75 Å². The molecule has 2 amide bonds. The zero-order valence-electron chi connectivity index (χ0n) is 19.9. The first kappa shape index (κ1) is 24.4. The van der Waals surface area contributed by atoms with Crippen molar-refractivity contribution in [2.45, 2.75) is 72.5 Å². The molecule has 0 bridgehead atoms.